The van der Waals surface area contributed by atoms with Crippen molar-refractivity contribution >= 4 is 28.7 Å². The fourth-order valence-corrected chi connectivity index (χ4v) is 2.88. The van der Waals surface area contributed by atoms with Crippen LogP contribution in [0.25, 0.3) is 11.1 Å². The Balaban J connectivity index is 1.74. The number of anilines is 2. The van der Waals surface area contributed by atoms with E-state index in [4.69, 9.17) is 9.52 Å². The van der Waals surface area contributed by atoms with Crippen LogP contribution in [0.4, 0.5) is 11.4 Å². The highest BCUT2D eigenvalue weighted by Gasteiger charge is 2.08. The summed E-state index contributed by atoms with van der Waals surface area (Å²) in [5, 5.41) is 6.70. The zero-order chi connectivity index (χ0) is 17.9. The first kappa shape index (κ1) is 16.1. The maximum Gasteiger partial charge on any atom is 0.181 e. The molecule has 0 fully saturated rings. The molecule has 0 unspecified atom stereocenters. The van der Waals surface area contributed by atoms with Crippen molar-refractivity contribution in [3.05, 3.63) is 89.8 Å². The fraction of sp³-hybridized carbons (Fsp3) is 0.0909. The number of rotatable bonds is 4. The summed E-state index contributed by atoms with van der Waals surface area (Å²) in [4.78, 5) is 4.15. The largest absolute Gasteiger partial charge is 0.443 e. The van der Waals surface area contributed by atoms with Gasteiger partial charge in [-0.05, 0) is 66.9 Å². The zero-order valence-electron chi connectivity index (χ0n) is 14.8. The molecule has 0 saturated heterocycles. The summed E-state index contributed by atoms with van der Waals surface area (Å²) in [5.41, 5.74) is 6.99. The highest BCUT2D eigenvalue weighted by molar-refractivity contribution is 5.87. The molecule has 0 bridgehead atoms. The third-order valence-electron chi connectivity index (χ3n) is 4.17. The second-order valence-corrected chi connectivity index (χ2v) is 6.31. The Morgan fingerprint density at radius 3 is 2.23 bits per heavy atom. The van der Waals surface area contributed by atoms with Crippen molar-refractivity contribution in [3.63, 3.8) is 0 Å². The molecule has 26 heavy (non-hydrogen) atoms. The lowest BCUT2D eigenvalue weighted by Crippen LogP contribution is -2.09. The normalized spacial score (nSPS) is 11.3. The molecule has 0 aliphatic carbocycles. The third kappa shape index (κ3) is 3.35. The monoisotopic (exact) mass is 341 g/mol. The maximum atomic E-state index is 5.38. The van der Waals surface area contributed by atoms with Crippen LogP contribution < -0.4 is 5.01 Å². The molecule has 1 heterocycles. The predicted octanol–water partition coefficient (Wildman–Crippen LogP) is 5.62. The molecule has 0 aliphatic rings. The molecule has 0 amide bonds. The van der Waals surface area contributed by atoms with Crippen molar-refractivity contribution in [2.75, 3.05) is 5.01 Å². The Bertz CT molecular complexity index is 1040. The Labute approximate surface area is 152 Å². The number of aromatic nitrogens is 1. The molecule has 0 atom stereocenters. The number of nitrogens with zero attached hydrogens (tertiary/aromatic N) is 3. The van der Waals surface area contributed by atoms with Crippen LogP contribution in [0, 0.1) is 13.8 Å². The van der Waals surface area contributed by atoms with Gasteiger partial charge in [0.25, 0.3) is 0 Å². The summed E-state index contributed by atoms with van der Waals surface area (Å²) < 4.78 is 5.38. The second-order valence-electron chi connectivity index (χ2n) is 6.31. The van der Waals surface area contributed by atoms with Gasteiger partial charge in [0, 0.05) is 0 Å². The van der Waals surface area contributed by atoms with E-state index in [1.807, 2.05) is 41.6 Å². The number of hydrogen-bond acceptors (Lipinski definition) is 4. The van der Waals surface area contributed by atoms with Crippen LogP contribution in [-0.4, -0.2) is 11.2 Å². The summed E-state index contributed by atoms with van der Waals surface area (Å²) in [5.74, 6) is 0. The average molecular weight is 341 g/mol. The first-order chi connectivity index (χ1) is 12.7. The molecular formula is C22H19N3O. The molecule has 4 aromatic rings. The van der Waals surface area contributed by atoms with E-state index in [1.54, 1.807) is 0 Å². The Morgan fingerprint density at radius 1 is 0.885 bits per heavy atom. The Hall–Kier alpha value is -3.40. The number of fused-ring (bicyclic) bond motifs is 1. The van der Waals surface area contributed by atoms with Gasteiger partial charge in [-0.3, -0.25) is 0 Å². The molecule has 4 rings (SSSR count). The first-order valence-electron chi connectivity index (χ1n) is 8.50. The van der Waals surface area contributed by atoms with E-state index in [2.05, 4.69) is 55.2 Å². The van der Waals surface area contributed by atoms with Crippen LogP contribution in [0.2, 0.25) is 0 Å². The lowest BCUT2D eigenvalue weighted by molar-refractivity contribution is 0.602. The highest BCUT2D eigenvalue weighted by Crippen LogP contribution is 2.27. The van der Waals surface area contributed by atoms with E-state index in [1.165, 1.54) is 17.5 Å². The second kappa shape index (κ2) is 6.84. The van der Waals surface area contributed by atoms with E-state index in [-0.39, 0.29) is 0 Å². The zero-order valence-corrected chi connectivity index (χ0v) is 14.8. The molecule has 4 heteroatoms. The summed E-state index contributed by atoms with van der Waals surface area (Å²) in [7, 11) is 0. The van der Waals surface area contributed by atoms with Crippen molar-refractivity contribution in [2.45, 2.75) is 13.8 Å². The van der Waals surface area contributed by atoms with Gasteiger partial charge >= 0.3 is 0 Å². The number of aryl methyl sites for hydroxylation is 2. The summed E-state index contributed by atoms with van der Waals surface area (Å²) >= 11 is 0. The van der Waals surface area contributed by atoms with E-state index in [0.29, 0.717) is 0 Å². The lowest BCUT2D eigenvalue weighted by atomic mass is 10.2. The SMILES string of the molecule is Cc1cccc(N(/N=C/c2ccc3ncoc3c2)c2cccc(C)c2)c1. The Morgan fingerprint density at radius 2 is 1.58 bits per heavy atom. The molecule has 128 valence electrons. The highest BCUT2D eigenvalue weighted by atomic mass is 16.3. The van der Waals surface area contributed by atoms with Gasteiger partial charge < -0.3 is 4.42 Å². The average Bonchev–Trinajstić information content (AvgIpc) is 3.10. The van der Waals surface area contributed by atoms with Crippen LogP contribution >= 0.6 is 0 Å². The molecule has 0 N–H and O–H groups in total. The minimum atomic E-state index is 0.756. The van der Waals surface area contributed by atoms with Crippen LogP contribution in [0.15, 0.2) is 82.6 Å². The van der Waals surface area contributed by atoms with Crippen molar-refractivity contribution in [1.82, 2.24) is 4.98 Å². The van der Waals surface area contributed by atoms with E-state index in [9.17, 15) is 0 Å². The molecule has 4 nitrogen and oxygen atoms in total. The first-order valence-corrected chi connectivity index (χ1v) is 8.50. The fourth-order valence-electron chi connectivity index (χ4n) is 2.88. The molecular weight excluding hydrogens is 322 g/mol. The quantitative estimate of drug-likeness (QED) is 0.357. The summed E-state index contributed by atoms with van der Waals surface area (Å²) in [6.07, 6.45) is 3.30. The molecule has 0 spiro atoms. The van der Waals surface area contributed by atoms with Crippen molar-refractivity contribution in [2.24, 2.45) is 5.10 Å². The van der Waals surface area contributed by atoms with Crippen LogP contribution in [0.1, 0.15) is 16.7 Å². The topological polar surface area (TPSA) is 41.6 Å². The number of benzene rings is 3. The lowest BCUT2D eigenvalue weighted by Gasteiger charge is -2.20. The van der Waals surface area contributed by atoms with Gasteiger partial charge in [0.2, 0.25) is 0 Å². The van der Waals surface area contributed by atoms with Crippen molar-refractivity contribution in [1.29, 1.82) is 0 Å². The number of hydrogen-bond donors (Lipinski definition) is 0. The molecule has 0 saturated carbocycles. The van der Waals surface area contributed by atoms with Crippen molar-refractivity contribution < 1.29 is 4.42 Å². The molecule has 3 aromatic carbocycles. The van der Waals surface area contributed by atoms with E-state index >= 15 is 0 Å². The Kier molecular flexibility index (Phi) is 4.23. The number of oxazole rings is 1. The van der Waals surface area contributed by atoms with Crippen molar-refractivity contribution in [3.8, 4) is 0 Å². The van der Waals surface area contributed by atoms with Gasteiger partial charge in [-0.1, -0.05) is 30.3 Å². The van der Waals surface area contributed by atoms with E-state index in [0.717, 1.165) is 28.0 Å². The van der Waals surface area contributed by atoms with Gasteiger partial charge in [0.05, 0.1) is 17.6 Å². The summed E-state index contributed by atoms with van der Waals surface area (Å²) in [6, 6.07) is 22.5. The molecule has 0 aliphatic heterocycles. The van der Waals surface area contributed by atoms with Crippen LogP contribution in [0.5, 0.6) is 0 Å². The minimum Gasteiger partial charge on any atom is -0.443 e. The van der Waals surface area contributed by atoms with E-state index < -0.39 is 0 Å². The van der Waals surface area contributed by atoms with Gasteiger partial charge in [-0.2, -0.15) is 5.10 Å². The maximum absolute atomic E-state index is 5.38. The van der Waals surface area contributed by atoms with Gasteiger partial charge in [0.15, 0.2) is 12.0 Å². The number of hydrazone groups is 1. The standard InChI is InChI=1S/C22H19N3O/c1-16-5-3-7-19(11-16)25(20-8-4-6-17(2)12-20)24-14-18-9-10-21-22(13-18)26-15-23-21/h3-15H,1-2H3/b24-14+. The van der Waals surface area contributed by atoms with Gasteiger partial charge in [-0.25, -0.2) is 9.99 Å². The summed E-state index contributed by atoms with van der Waals surface area (Å²) in [6.45, 7) is 4.17. The molecule has 0 radical (unpaired) electrons. The minimum absolute atomic E-state index is 0.756. The predicted molar refractivity (Wildman–Crippen MR) is 106 cm³/mol. The smallest absolute Gasteiger partial charge is 0.181 e. The van der Waals surface area contributed by atoms with Gasteiger partial charge in [-0.15, -0.1) is 0 Å². The van der Waals surface area contributed by atoms with Crippen LogP contribution in [0.3, 0.4) is 0 Å². The van der Waals surface area contributed by atoms with Gasteiger partial charge in [0.1, 0.15) is 5.52 Å². The third-order valence-corrected chi connectivity index (χ3v) is 4.17. The molecule has 1 aromatic heterocycles. The van der Waals surface area contributed by atoms with Crippen LogP contribution in [-0.2, 0) is 0 Å².